The Hall–Kier alpha value is -3.21. The molecule has 2 unspecified atom stereocenters. The zero-order valence-corrected chi connectivity index (χ0v) is 27.4. The summed E-state index contributed by atoms with van der Waals surface area (Å²) in [5.41, 5.74) is 5.68. The van der Waals surface area contributed by atoms with E-state index in [-0.39, 0.29) is 17.7 Å². The molecule has 3 fully saturated rings. The highest BCUT2D eigenvalue weighted by molar-refractivity contribution is 8.00. The third-order valence-electron chi connectivity index (χ3n) is 9.58. The van der Waals surface area contributed by atoms with Gasteiger partial charge in [-0.2, -0.15) is 0 Å². The molecule has 232 valence electrons. The molecule has 0 radical (unpaired) electrons. The van der Waals surface area contributed by atoms with Crippen LogP contribution in [0.5, 0.6) is 0 Å². The number of nitrogens with one attached hydrogen (secondary N) is 2. The van der Waals surface area contributed by atoms with E-state index < -0.39 is 0 Å². The summed E-state index contributed by atoms with van der Waals surface area (Å²) in [6.45, 7) is 8.69. The minimum absolute atomic E-state index is 0.0216. The highest BCUT2D eigenvalue weighted by Crippen LogP contribution is 2.44. The first-order valence-electron chi connectivity index (χ1n) is 15.6. The molecule has 2 bridgehead atoms. The number of benzene rings is 2. The molecule has 2 heterocycles. The zero-order valence-electron chi connectivity index (χ0n) is 25.7. The number of rotatable bonds is 9. The van der Waals surface area contributed by atoms with Gasteiger partial charge in [-0.3, -0.25) is 19.7 Å². The average molecular weight is 632 g/mol. The van der Waals surface area contributed by atoms with E-state index in [0.717, 1.165) is 44.8 Å². The molecule has 1 aliphatic heterocycles. The Kier molecular flexibility index (Phi) is 9.40. The molecule has 8 nitrogen and oxygen atoms in total. The van der Waals surface area contributed by atoms with Crippen LogP contribution in [0.25, 0.3) is 0 Å². The minimum Gasteiger partial charge on any atom is -0.339 e. The normalized spacial score (nSPS) is 21.1. The van der Waals surface area contributed by atoms with Gasteiger partial charge in [-0.1, -0.05) is 36.0 Å². The number of anilines is 1. The van der Waals surface area contributed by atoms with Crippen LogP contribution in [-0.4, -0.2) is 64.7 Å². The predicted octanol–water partition coefficient (Wildman–Crippen LogP) is 5.89. The van der Waals surface area contributed by atoms with Gasteiger partial charge in [0.1, 0.15) is 0 Å². The standard InChI is InChI=1S/C34H41N5O3S2/c1-21-14-26(16-29(22(21)2)33(42)39-12-10-38(11-13-39)23(3)40)20-43-31-19-36-34(44-31)37-32(41)27-7-4-24(5-8-27)18-35-30-17-25-6-9-28(30)15-25/h4-5,7-8,14,16,19,25,28,30,35H,6,9-13,15,17-18,20H2,1-3H3,(H,36,37,41)/t25?,28?,30-/m1/s1. The maximum atomic E-state index is 13.4. The fraction of sp³-hybridized carbons (Fsp3) is 0.471. The molecule has 2 saturated carbocycles. The third-order valence-corrected chi connectivity index (χ3v) is 11.8. The maximum absolute atomic E-state index is 13.4. The summed E-state index contributed by atoms with van der Waals surface area (Å²) in [4.78, 5) is 46.0. The molecule has 3 aliphatic rings. The monoisotopic (exact) mass is 631 g/mol. The highest BCUT2D eigenvalue weighted by Gasteiger charge is 2.39. The summed E-state index contributed by atoms with van der Waals surface area (Å²) < 4.78 is 0.994. The summed E-state index contributed by atoms with van der Waals surface area (Å²) >= 11 is 3.09. The first-order valence-corrected chi connectivity index (χ1v) is 17.4. The van der Waals surface area contributed by atoms with Crippen LogP contribution in [0.3, 0.4) is 0 Å². The molecule has 3 atom stereocenters. The highest BCUT2D eigenvalue weighted by atomic mass is 32.2. The van der Waals surface area contributed by atoms with Crippen molar-refractivity contribution in [2.75, 3.05) is 31.5 Å². The summed E-state index contributed by atoms with van der Waals surface area (Å²) in [7, 11) is 0. The molecule has 0 spiro atoms. The first kappa shape index (κ1) is 30.8. The van der Waals surface area contributed by atoms with Crippen LogP contribution in [0.1, 0.15) is 75.6 Å². The smallest absolute Gasteiger partial charge is 0.257 e. The van der Waals surface area contributed by atoms with Crippen molar-refractivity contribution in [3.05, 3.63) is 76.0 Å². The second-order valence-electron chi connectivity index (χ2n) is 12.5. The Morgan fingerprint density at radius 2 is 1.73 bits per heavy atom. The number of thioether (sulfide) groups is 1. The van der Waals surface area contributed by atoms with Crippen LogP contribution in [0.2, 0.25) is 0 Å². The molecule has 10 heteroatoms. The van der Waals surface area contributed by atoms with Gasteiger partial charge in [0.2, 0.25) is 5.91 Å². The van der Waals surface area contributed by atoms with Crippen molar-refractivity contribution >= 4 is 46.0 Å². The lowest BCUT2D eigenvalue weighted by atomic mass is 9.95. The van der Waals surface area contributed by atoms with E-state index >= 15 is 0 Å². The molecule has 1 aromatic heterocycles. The number of hydrogen-bond acceptors (Lipinski definition) is 7. The van der Waals surface area contributed by atoms with Gasteiger partial charge >= 0.3 is 0 Å². The first-order chi connectivity index (χ1) is 21.2. The molecular weight excluding hydrogens is 591 g/mol. The number of aromatic nitrogens is 1. The summed E-state index contributed by atoms with van der Waals surface area (Å²) in [5, 5.41) is 7.25. The summed E-state index contributed by atoms with van der Waals surface area (Å²) in [5.74, 6) is 2.37. The van der Waals surface area contributed by atoms with E-state index in [2.05, 4.69) is 21.7 Å². The second-order valence-corrected chi connectivity index (χ2v) is 14.8. The molecule has 3 aromatic rings. The zero-order chi connectivity index (χ0) is 30.8. The number of nitrogens with zero attached hydrogens (tertiary/aromatic N) is 3. The van der Waals surface area contributed by atoms with Crippen LogP contribution in [-0.2, 0) is 17.1 Å². The van der Waals surface area contributed by atoms with Crippen molar-refractivity contribution < 1.29 is 14.4 Å². The third kappa shape index (κ3) is 7.03. The van der Waals surface area contributed by atoms with Crippen molar-refractivity contribution in [1.82, 2.24) is 20.1 Å². The number of piperazine rings is 1. The fourth-order valence-electron chi connectivity index (χ4n) is 6.86. The Morgan fingerprint density at radius 3 is 2.41 bits per heavy atom. The van der Waals surface area contributed by atoms with Crippen LogP contribution < -0.4 is 10.6 Å². The Morgan fingerprint density at radius 1 is 0.977 bits per heavy atom. The van der Waals surface area contributed by atoms with Gasteiger partial charge in [-0.05, 0) is 85.4 Å². The number of aryl methyl sites for hydroxylation is 1. The van der Waals surface area contributed by atoms with Gasteiger partial charge in [0.15, 0.2) is 5.13 Å². The molecule has 2 aliphatic carbocycles. The van der Waals surface area contributed by atoms with Crippen LogP contribution in [0, 0.1) is 25.7 Å². The molecule has 2 N–H and O–H groups in total. The topological polar surface area (TPSA) is 94.6 Å². The average Bonchev–Trinajstić information content (AvgIpc) is 3.78. The van der Waals surface area contributed by atoms with Crippen molar-refractivity contribution in [2.45, 2.75) is 69.0 Å². The van der Waals surface area contributed by atoms with Crippen LogP contribution in [0.4, 0.5) is 5.13 Å². The van der Waals surface area contributed by atoms with E-state index in [0.29, 0.717) is 48.7 Å². The molecular formula is C34H41N5O3S2. The minimum atomic E-state index is -0.162. The van der Waals surface area contributed by atoms with E-state index in [1.807, 2.05) is 49.1 Å². The number of fused-ring (bicyclic) bond motifs is 2. The summed E-state index contributed by atoms with van der Waals surface area (Å²) in [6.07, 6.45) is 7.27. The van der Waals surface area contributed by atoms with Crippen LogP contribution in [0.15, 0.2) is 46.8 Å². The Bertz CT molecular complexity index is 1530. The van der Waals surface area contributed by atoms with E-state index in [1.54, 1.807) is 29.8 Å². The van der Waals surface area contributed by atoms with Gasteiger partial charge in [0, 0.05) is 62.6 Å². The van der Waals surface area contributed by atoms with Crippen LogP contribution >= 0.6 is 23.1 Å². The largest absolute Gasteiger partial charge is 0.339 e. The number of hydrogen-bond donors (Lipinski definition) is 2. The lowest BCUT2D eigenvalue weighted by Crippen LogP contribution is -2.50. The van der Waals surface area contributed by atoms with E-state index in [4.69, 9.17) is 0 Å². The molecule has 6 rings (SSSR count). The SMILES string of the molecule is CC(=O)N1CCN(C(=O)c2cc(CSc3cnc(NC(=O)c4ccc(CN[C@@H]5CC6CCC5C6)cc4)s3)cc(C)c2C)CC1. The van der Waals surface area contributed by atoms with E-state index in [1.165, 1.54) is 42.6 Å². The fourth-order valence-corrected chi connectivity index (χ4v) is 8.66. The molecule has 44 heavy (non-hydrogen) atoms. The van der Waals surface area contributed by atoms with Crippen molar-refractivity contribution in [1.29, 1.82) is 0 Å². The molecule has 2 aromatic carbocycles. The second kappa shape index (κ2) is 13.4. The molecule has 3 amide bonds. The van der Waals surface area contributed by atoms with Crippen molar-refractivity contribution in [3.8, 4) is 0 Å². The van der Waals surface area contributed by atoms with Gasteiger partial charge in [-0.25, -0.2) is 4.98 Å². The summed E-state index contributed by atoms with van der Waals surface area (Å²) in [6, 6.07) is 12.6. The Labute approximate surface area is 268 Å². The maximum Gasteiger partial charge on any atom is 0.257 e. The van der Waals surface area contributed by atoms with Crippen molar-refractivity contribution in [3.63, 3.8) is 0 Å². The van der Waals surface area contributed by atoms with Crippen molar-refractivity contribution in [2.24, 2.45) is 11.8 Å². The lowest BCUT2D eigenvalue weighted by Gasteiger charge is -2.34. The number of thiazole rings is 1. The number of carbonyl (C=O) groups is 3. The number of amides is 3. The molecule has 1 saturated heterocycles. The van der Waals surface area contributed by atoms with Gasteiger partial charge in [0.25, 0.3) is 11.8 Å². The van der Waals surface area contributed by atoms with Gasteiger partial charge in [0.05, 0.1) is 10.4 Å². The lowest BCUT2D eigenvalue weighted by molar-refractivity contribution is -0.130. The van der Waals surface area contributed by atoms with Gasteiger partial charge in [-0.15, -0.1) is 11.8 Å². The number of carbonyl (C=O) groups excluding carboxylic acids is 3. The van der Waals surface area contributed by atoms with Gasteiger partial charge < -0.3 is 15.1 Å². The predicted molar refractivity (Wildman–Crippen MR) is 176 cm³/mol. The Balaban J connectivity index is 1.00. The quantitative estimate of drug-likeness (QED) is 0.286. The van der Waals surface area contributed by atoms with E-state index in [9.17, 15) is 14.4 Å².